The molecule has 6 nitrogen and oxygen atoms in total. The second-order valence-electron chi connectivity index (χ2n) is 8.48. The van der Waals surface area contributed by atoms with Crippen LogP contribution >= 0.6 is 0 Å². The molecule has 1 unspecified atom stereocenters. The van der Waals surface area contributed by atoms with Crippen LogP contribution in [0, 0.1) is 0 Å². The number of carbonyl (C=O) groups excluding carboxylic acids is 2. The fourth-order valence-electron chi connectivity index (χ4n) is 4.50. The fraction of sp³-hybridized carbons (Fsp3) is 0.214. The number of hydrogen-bond acceptors (Lipinski definition) is 5. The van der Waals surface area contributed by atoms with Crippen LogP contribution in [0.5, 0.6) is 17.2 Å². The Labute approximate surface area is 198 Å². The molecule has 172 valence electrons. The summed E-state index contributed by atoms with van der Waals surface area (Å²) in [6.07, 6.45) is 2.70. The summed E-state index contributed by atoms with van der Waals surface area (Å²) in [5, 5.41) is 0. The maximum Gasteiger partial charge on any atom is 0.261 e. The molecule has 0 bridgehead atoms. The Morgan fingerprint density at radius 2 is 1.71 bits per heavy atom. The monoisotopic (exact) mass is 455 g/mol. The number of hydrogen-bond donors (Lipinski definition) is 0. The Kier molecular flexibility index (Phi) is 5.57. The lowest BCUT2D eigenvalue weighted by molar-refractivity contribution is -0.123. The van der Waals surface area contributed by atoms with E-state index in [2.05, 4.69) is 0 Å². The van der Waals surface area contributed by atoms with Crippen molar-refractivity contribution in [3.63, 3.8) is 0 Å². The first kappa shape index (κ1) is 21.8. The molecule has 2 aliphatic rings. The van der Waals surface area contributed by atoms with E-state index in [9.17, 15) is 9.59 Å². The van der Waals surface area contributed by atoms with Gasteiger partial charge in [0.15, 0.2) is 0 Å². The molecule has 0 radical (unpaired) electrons. The van der Waals surface area contributed by atoms with E-state index >= 15 is 0 Å². The van der Waals surface area contributed by atoms with Gasteiger partial charge in [-0.15, -0.1) is 0 Å². The number of rotatable bonds is 5. The van der Waals surface area contributed by atoms with Gasteiger partial charge in [-0.25, -0.2) is 0 Å². The summed E-state index contributed by atoms with van der Waals surface area (Å²) >= 11 is 0. The van der Waals surface area contributed by atoms with Crippen LogP contribution in [0.3, 0.4) is 0 Å². The van der Waals surface area contributed by atoms with Gasteiger partial charge in [0.05, 0.1) is 20.8 Å². The van der Waals surface area contributed by atoms with E-state index in [4.69, 9.17) is 14.2 Å². The summed E-state index contributed by atoms with van der Waals surface area (Å²) in [6, 6.07) is 18.4. The number of methoxy groups -OCH3 is 2. The SMILES string of the molecule is COc1ccc(CN2C(=O)C(=Cc3cc4c(cc3OC)CC(C)O4)c3ccccc3C2=O)cc1. The second-order valence-corrected chi connectivity index (χ2v) is 8.48. The van der Waals surface area contributed by atoms with Crippen LogP contribution in [0.15, 0.2) is 60.7 Å². The van der Waals surface area contributed by atoms with E-state index in [1.165, 1.54) is 4.90 Å². The molecular weight excluding hydrogens is 430 g/mol. The Hall–Kier alpha value is -4.06. The molecule has 3 aromatic rings. The molecule has 2 amide bonds. The van der Waals surface area contributed by atoms with E-state index in [1.54, 1.807) is 38.5 Å². The van der Waals surface area contributed by atoms with Crippen molar-refractivity contribution in [2.75, 3.05) is 14.2 Å². The zero-order valence-corrected chi connectivity index (χ0v) is 19.3. The first-order valence-electron chi connectivity index (χ1n) is 11.2. The van der Waals surface area contributed by atoms with Crippen molar-refractivity contribution in [2.24, 2.45) is 0 Å². The number of ether oxygens (including phenoxy) is 3. The van der Waals surface area contributed by atoms with Crippen LogP contribution < -0.4 is 14.2 Å². The maximum absolute atomic E-state index is 13.7. The molecule has 0 fully saturated rings. The zero-order chi connectivity index (χ0) is 23.8. The quantitative estimate of drug-likeness (QED) is 0.410. The zero-order valence-electron chi connectivity index (χ0n) is 19.3. The lowest BCUT2D eigenvalue weighted by Crippen LogP contribution is -2.41. The van der Waals surface area contributed by atoms with E-state index < -0.39 is 0 Å². The molecule has 3 aromatic carbocycles. The van der Waals surface area contributed by atoms with Gasteiger partial charge in [-0.1, -0.05) is 30.3 Å². The predicted octanol–water partition coefficient (Wildman–Crippen LogP) is 4.75. The summed E-state index contributed by atoms with van der Waals surface area (Å²) in [7, 11) is 3.21. The van der Waals surface area contributed by atoms with Crippen LogP contribution in [0.25, 0.3) is 11.6 Å². The Morgan fingerprint density at radius 1 is 0.971 bits per heavy atom. The molecule has 0 saturated carbocycles. The number of amides is 2. The molecule has 0 N–H and O–H groups in total. The van der Waals surface area contributed by atoms with Gasteiger partial charge < -0.3 is 14.2 Å². The first-order valence-corrected chi connectivity index (χ1v) is 11.2. The Balaban J connectivity index is 1.58. The van der Waals surface area contributed by atoms with E-state index in [0.717, 1.165) is 28.9 Å². The topological polar surface area (TPSA) is 65.1 Å². The lowest BCUT2D eigenvalue weighted by atomic mass is 9.91. The molecule has 0 saturated heterocycles. The standard InChI is InChI=1S/C28H25NO5/c1-17-12-19-14-25(33-3)20(15-26(19)34-17)13-24-22-6-4-5-7-23(22)27(30)29(28(24)31)16-18-8-10-21(32-2)11-9-18/h4-11,13-15,17H,12,16H2,1-3H3. The third-order valence-electron chi connectivity index (χ3n) is 6.22. The Morgan fingerprint density at radius 3 is 2.41 bits per heavy atom. The van der Waals surface area contributed by atoms with Crippen LogP contribution in [0.4, 0.5) is 0 Å². The minimum atomic E-state index is -0.351. The van der Waals surface area contributed by atoms with Crippen molar-refractivity contribution in [3.8, 4) is 17.2 Å². The van der Waals surface area contributed by atoms with Gasteiger partial charge in [-0.2, -0.15) is 0 Å². The van der Waals surface area contributed by atoms with Gasteiger partial charge >= 0.3 is 0 Å². The molecule has 2 heterocycles. The molecule has 0 aromatic heterocycles. The molecule has 34 heavy (non-hydrogen) atoms. The highest BCUT2D eigenvalue weighted by Gasteiger charge is 2.35. The van der Waals surface area contributed by atoms with E-state index in [-0.39, 0.29) is 24.5 Å². The van der Waals surface area contributed by atoms with Crippen molar-refractivity contribution in [2.45, 2.75) is 26.0 Å². The highest BCUT2D eigenvalue weighted by Crippen LogP contribution is 2.38. The molecule has 0 spiro atoms. The third kappa shape index (κ3) is 3.81. The largest absolute Gasteiger partial charge is 0.497 e. The van der Waals surface area contributed by atoms with Gasteiger partial charge in [-0.3, -0.25) is 14.5 Å². The third-order valence-corrected chi connectivity index (χ3v) is 6.22. The summed E-state index contributed by atoms with van der Waals surface area (Å²) in [4.78, 5) is 28.2. The minimum absolute atomic E-state index is 0.0947. The average Bonchev–Trinajstić information content (AvgIpc) is 3.22. The maximum atomic E-state index is 13.7. The van der Waals surface area contributed by atoms with E-state index in [1.807, 2.05) is 49.4 Å². The van der Waals surface area contributed by atoms with Crippen LogP contribution in [-0.2, 0) is 17.8 Å². The highest BCUT2D eigenvalue weighted by atomic mass is 16.5. The van der Waals surface area contributed by atoms with Gasteiger partial charge in [0.2, 0.25) is 0 Å². The lowest BCUT2D eigenvalue weighted by Gasteiger charge is -2.29. The van der Waals surface area contributed by atoms with Crippen LogP contribution in [-0.4, -0.2) is 37.0 Å². The molecule has 6 heteroatoms. The summed E-state index contributed by atoms with van der Waals surface area (Å²) in [5.41, 5.74) is 4.18. The molecular formula is C28H25NO5. The van der Waals surface area contributed by atoms with Crippen molar-refractivity contribution < 1.29 is 23.8 Å². The number of nitrogens with zero attached hydrogens (tertiary/aromatic N) is 1. The summed E-state index contributed by atoms with van der Waals surface area (Å²) in [5.74, 6) is 1.50. The highest BCUT2D eigenvalue weighted by molar-refractivity contribution is 6.33. The molecule has 2 aliphatic heterocycles. The summed E-state index contributed by atoms with van der Waals surface area (Å²) < 4.78 is 16.8. The van der Waals surface area contributed by atoms with E-state index in [0.29, 0.717) is 28.2 Å². The number of fused-ring (bicyclic) bond motifs is 2. The fourth-order valence-corrected chi connectivity index (χ4v) is 4.50. The number of benzene rings is 3. The normalized spacial score (nSPS) is 17.9. The Bertz CT molecular complexity index is 1310. The number of imide groups is 1. The minimum Gasteiger partial charge on any atom is -0.497 e. The van der Waals surface area contributed by atoms with Gasteiger partial charge in [0, 0.05) is 28.7 Å². The predicted molar refractivity (Wildman–Crippen MR) is 129 cm³/mol. The van der Waals surface area contributed by atoms with Gasteiger partial charge in [0.25, 0.3) is 11.8 Å². The number of carbonyl (C=O) groups is 2. The van der Waals surface area contributed by atoms with Gasteiger partial charge in [-0.05, 0) is 54.5 Å². The van der Waals surface area contributed by atoms with Crippen molar-refractivity contribution in [3.05, 3.63) is 88.5 Å². The smallest absolute Gasteiger partial charge is 0.261 e. The van der Waals surface area contributed by atoms with Crippen molar-refractivity contribution >= 4 is 23.5 Å². The van der Waals surface area contributed by atoms with Crippen molar-refractivity contribution in [1.82, 2.24) is 4.90 Å². The van der Waals surface area contributed by atoms with Crippen LogP contribution in [0.2, 0.25) is 0 Å². The van der Waals surface area contributed by atoms with Gasteiger partial charge in [0.1, 0.15) is 23.4 Å². The molecule has 0 aliphatic carbocycles. The average molecular weight is 456 g/mol. The first-order chi connectivity index (χ1) is 16.5. The molecule has 1 atom stereocenters. The molecule has 5 rings (SSSR count). The van der Waals surface area contributed by atoms with Crippen LogP contribution in [0.1, 0.15) is 39.5 Å². The van der Waals surface area contributed by atoms with Crippen molar-refractivity contribution in [1.29, 1.82) is 0 Å². The second kappa shape index (κ2) is 8.71. The summed E-state index contributed by atoms with van der Waals surface area (Å²) in [6.45, 7) is 2.18.